The minimum Gasteiger partial charge on any atom is -0.383 e. The molecule has 1 saturated carbocycles. The summed E-state index contributed by atoms with van der Waals surface area (Å²) in [4.78, 5) is 19.7. The zero-order valence-electron chi connectivity index (χ0n) is 17.0. The van der Waals surface area contributed by atoms with Crippen molar-refractivity contribution in [1.29, 1.82) is 0 Å². The fourth-order valence-electron chi connectivity index (χ4n) is 4.55. The first kappa shape index (κ1) is 20.0. The van der Waals surface area contributed by atoms with Crippen molar-refractivity contribution in [2.75, 3.05) is 23.3 Å². The van der Waals surface area contributed by atoms with Gasteiger partial charge in [0.2, 0.25) is 5.91 Å². The second-order valence-corrected chi connectivity index (χ2v) is 8.85. The van der Waals surface area contributed by atoms with Crippen LogP contribution in [0.3, 0.4) is 0 Å². The van der Waals surface area contributed by atoms with Gasteiger partial charge in [0.25, 0.3) is 0 Å². The Bertz CT molecular complexity index is 922. The van der Waals surface area contributed by atoms with Crippen molar-refractivity contribution in [3.05, 3.63) is 41.6 Å². The minimum absolute atomic E-state index is 0.0441. The zero-order chi connectivity index (χ0) is 20.4. The van der Waals surface area contributed by atoms with E-state index in [0.717, 1.165) is 48.3 Å². The third kappa shape index (κ3) is 4.67. The molecule has 2 N–H and O–H groups in total. The molecule has 1 saturated heterocycles. The van der Waals surface area contributed by atoms with Crippen LogP contribution >= 0.6 is 11.6 Å². The molecule has 2 aromatic rings. The van der Waals surface area contributed by atoms with Crippen LogP contribution in [0.5, 0.6) is 0 Å². The van der Waals surface area contributed by atoms with E-state index in [2.05, 4.69) is 29.0 Å². The number of carbonyl (C=O) groups is 1. The number of carbonyl (C=O) groups excluding carboxylic acids is 1. The molecule has 2 heterocycles. The summed E-state index contributed by atoms with van der Waals surface area (Å²) in [5.41, 5.74) is 2.50. The van der Waals surface area contributed by atoms with Crippen molar-refractivity contribution in [3.63, 3.8) is 0 Å². The normalized spacial score (nSPS) is 20.6. The lowest BCUT2D eigenvalue weighted by Gasteiger charge is -2.34. The Morgan fingerprint density at radius 3 is 2.83 bits per heavy atom. The molecular formula is C23H29ClN4O. The summed E-state index contributed by atoms with van der Waals surface area (Å²) in [5.74, 6) is 1.45. The van der Waals surface area contributed by atoms with Gasteiger partial charge >= 0.3 is 0 Å². The van der Waals surface area contributed by atoms with Crippen molar-refractivity contribution in [3.8, 4) is 0 Å². The van der Waals surface area contributed by atoms with Crippen LogP contribution in [0.25, 0.3) is 10.9 Å². The fraction of sp³-hybridized carbons (Fsp3) is 0.478. The second-order valence-electron chi connectivity index (χ2n) is 8.44. The van der Waals surface area contributed by atoms with Crippen molar-refractivity contribution >= 4 is 39.9 Å². The molecule has 1 aliphatic carbocycles. The molecule has 0 bridgehead atoms. The molecule has 4 rings (SSSR count). The number of fused-ring (bicyclic) bond motifs is 1. The average Bonchev–Trinajstić information content (AvgIpc) is 2.70. The van der Waals surface area contributed by atoms with E-state index < -0.39 is 0 Å². The molecule has 154 valence electrons. The highest BCUT2D eigenvalue weighted by Crippen LogP contribution is 2.33. The zero-order valence-corrected chi connectivity index (χ0v) is 17.8. The Hall–Kier alpha value is -2.27. The maximum atomic E-state index is 12.6. The number of nitrogens with zero attached hydrogens (tertiary/aromatic N) is 2. The third-order valence-corrected chi connectivity index (χ3v) is 6.23. The Morgan fingerprint density at radius 1 is 1.28 bits per heavy atom. The first-order valence-corrected chi connectivity index (χ1v) is 11.0. The van der Waals surface area contributed by atoms with Gasteiger partial charge in [-0.3, -0.25) is 4.79 Å². The number of rotatable bonds is 4. The summed E-state index contributed by atoms with van der Waals surface area (Å²) < 4.78 is 0. The first-order chi connectivity index (χ1) is 14.0. The van der Waals surface area contributed by atoms with Crippen molar-refractivity contribution in [2.45, 2.75) is 51.5 Å². The first-order valence-electron chi connectivity index (χ1n) is 10.6. The summed E-state index contributed by atoms with van der Waals surface area (Å²) in [6.45, 7) is 7.81. The molecule has 2 fully saturated rings. The number of hydrogen-bond acceptors (Lipinski definition) is 4. The van der Waals surface area contributed by atoms with E-state index in [4.69, 9.17) is 16.6 Å². The molecule has 1 atom stereocenters. The number of halogens is 1. The van der Waals surface area contributed by atoms with E-state index in [0.29, 0.717) is 29.1 Å². The van der Waals surface area contributed by atoms with E-state index in [9.17, 15) is 4.79 Å². The number of piperazine rings is 1. The predicted molar refractivity (Wildman–Crippen MR) is 121 cm³/mol. The van der Waals surface area contributed by atoms with Crippen LogP contribution in [0.15, 0.2) is 36.5 Å². The molecule has 5 nitrogen and oxygen atoms in total. The SMILES string of the molecule is C=C1CN(c2ccc3c(NC(=O)CC4CCCCC4)c(Cl)ccc3n2)C[C@H](C)N1. The Kier molecular flexibility index (Phi) is 5.95. The molecule has 29 heavy (non-hydrogen) atoms. The molecule has 0 unspecified atom stereocenters. The van der Waals surface area contributed by atoms with Gasteiger partial charge in [0, 0.05) is 30.1 Å². The van der Waals surface area contributed by atoms with Gasteiger partial charge in [-0.2, -0.15) is 0 Å². The lowest BCUT2D eigenvalue weighted by molar-refractivity contribution is -0.117. The molecule has 1 aromatic carbocycles. The number of aromatic nitrogens is 1. The standard InChI is InChI=1S/C23H29ClN4O/c1-15-13-28(14-16(2)25-15)21-11-8-18-20(26-21)10-9-19(24)23(18)27-22(29)12-17-6-4-3-5-7-17/h8-11,16-17,25H,1,3-7,12-14H2,2H3,(H,27,29)/t16-/m0/s1. The van der Waals surface area contributed by atoms with E-state index in [1.165, 1.54) is 19.3 Å². The maximum absolute atomic E-state index is 12.6. The number of anilines is 2. The van der Waals surface area contributed by atoms with Gasteiger partial charge in [0.15, 0.2) is 0 Å². The Balaban J connectivity index is 1.55. The number of amides is 1. The summed E-state index contributed by atoms with van der Waals surface area (Å²) in [7, 11) is 0. The average molecular weight is 413 g/mol. The van der Waals surface area contributed by atoms with Crippen LogP contribution in [-0.2, 0) is 4.79 Å². The van der Waals surface area contributed by atoms with E-state index in [1.54, 1.807) is 0 Å². The topological polar surface area (TPSA) is 57.3 Å². The molecule has 0 spiro atoms. The van der Waals surface area contributed by atoms with Crippen LogP contribution in [0.2, 0.25) is 5.02 Å². The highest BCUT2D eigenvalue weighted by molar-refractivity contribution is 6.35. The van der Waals surface area contributed by atoms with E-state index in [1.807, 2.05) is 24.3 Å². The lowest BCUT2D eigenvalue weighted by atomic mass is 9.87. The van der Waals surface area contributed by atoms with E-state index in [-0.39, 0.29) is 5.91 Å². The maximum Gasteiger partial charge on any atom is 0.224 e. The van der Waals surface area contributed by atoms with Gasteiger partial charge in [-0.05, 0) is 49.9 Å². The molecule has 0 radical (unpaired) electrons. The summed E-state index contributed by atoms with van der Waals surface area (Å²) in [6.07, 6.45) is 6.62. The van der Waals surface area contributed by atoms with Gasteiger partial charge in [-0.1, -0.05) is 37.4 Å². The van der Waals surface area contributed by atoms with Crippen LogP contribution in [0, 0.1) is 5.92 Å². The van der Waals surface area contributed by atoms with Crippen molar-refractivity contribution in [1.82, 2.24) is 10.3 Å². The minimum atomic E-state index is 0.0441. The Morgan fingerprint density at radius 2 is 2.07 bits per heavy atom. The largest absolute Gasteiger partial charge is 0.383 e. The predicted octanol–water partition coefficient (Wildman–Crippen LogP) is 5.11. The summed E-state index contributed by atoms with van der Waals surface area (Å²) >= 11 is 6.44. The molecule has 2 aliphatic rings. The van der Waals surface area contributed by atoms with E-state index >= 15 is 0 Å². The van der Waals surface area contributed by atoms with Crippen LogP contribution in [-0.4, -0.2) is 30.0 Å². The number of benzene rings is 1. The fourth-order valence-corrected chi connectivity index (χ4v) is 4.77. The second kappa shape index (κ2) is 8.62. The molecule has 1 aliphatic heterocycles. The number of nitrogens with one attached hydrogen (secondary N) is 2. The summed E-state index contributed by atoms with van der Waals surface area (Å²) in [6, 6.07) is 8.07. The van der Waals surface area contributed by atoms with Crippen LogP contribution in [0.1, 0.15) is 45.4 Å². The van der Waals surface area contributed by atoms with Crippen LogP contribution in [0.4, 0.5) is 11.5 Å². The molecule has 6 heteroatoms. The van der Waals surface area contributed by atoms with Gasteiger partial charge in [-0.25, -0.2) is 4.98 Å². The highest BCUT2D eigenvalue weighted by Gasteiger charge is 2.21. The Labute approximate surface area is 177 Å². The van der Waals surface area contributed by atoms with Gasteiger partial charge in [0.1, 0.15) is 5.82 Å². The van der Waals surface area contributed by atoms with Gasteiger partial charge in [-0.15, -0.1) is 0 Å². The van der Waals surface area contributed by atoms with Gasteiger partial charge in [0.05, 0.1) is 22.8 Å². The highest BCUT2D eigenvalue weighted by atomic mass is 35.5. The van der Waals surface area contributed by atoms with Crippen molar-refractivity contribution < 1.29 is 4.79 Å². The number of pyridine rings is 1. The number of hydrogen-bond donors (Lipinski definition) is 2. The smallest absolute Gasteiger partial charge is 0.224 e. The molecule has 1 aromatic heterocycles. The monoisotopic (exact) mass is 412 g/mol. The lowest BCUT2D eigenvalue weighted by Crippen LogP contribution is -2.47. The third-order valence-electron chi connectivity index (χ3n) is 5.92. The van der Waals surface area contributed by atoms with Gasteiger partial charge < -0.3 is 15.5 Å². The molecule has 1 amide bonds. The quantitative estimate of drug-likeness (QED) is 0.732. The molecular weight excluding hydrogens is 384 g/mol. The van der Waals surface area contributed by atoms with Crippen LogP contribution < -0.4 is 15.5 Å². The van der Waals surface area contributed by atoms with Crippen molar-refractivity contribution in [2.24, 2.45) is 5.92 Å². The summed E-state index contributed by atoms with van der Waals surface area (Å²) in [5, 5.41) is 7.85.